The molecule has 1 saturated heterocycles. The number of hydrogen-bond acceptors (Lipinski definition) is 4. The van der Waals surface area contributed by atoms with Gasteiger partial charge in [-0.15, -0.1) is 0 Å². The van der Waals surface area contributed by atoms with Crippen molar-refractivity contribution in [2.45, 2.75) is 44.6 Å². The molecule has 1 atom stereocenters. The minimum Gasteiger partial charge on any atom is -0.480 e. The third kappa shape index (κ3) is 5.57. The molecule has 0 unspecified atom stereocenters. The zero-order valence-corrected chi connectivity index (χ0v) is 13.5. The van der Waals surface area contributed by atoms with Crippen molar-refractivity contribution in [2.24, 2.45) is 5.92 Å². The van der Waals surface area contributed by atoms with Crippen molar-refractivity contribution in [2.75, 3.05) is 39.8 Å². The van der Waals surface area contributed by atoms with Crippen LogP contribution in [0, 0.1) is 5.92 Å². The average molecular weight is 312 g/mol. The number of likely N-dealkylation sites (N-methyl/N-ethyl adjacent to an activating group) is 1. The molecule has 2 rings (SSSR count). The van der Waals surface area contributed by atoms with Crippen molar-refractivity contribution in [1.82, 2.24) is 9.80 Å². The zero-order chi connectivity index (χ0) is 15.9. The second kappa shape index (κ2) is 8.48. The summed E-state index contributed by atoms with van der Waals surface area (Å²) in [5, 5.41) is 8.79. The molecule has 1 saturated carbocycles. The number of carbonyl (C=O) groups excluding carboxylic acids is 1. The third-order valence-electron chi connectivity index (χ3n) is 4.60. The van der Waals surface area contributed by atoms with Crippen LogP contribution in [-0.2, 0) is 14.3 Å². The molecule has 0 spiro atoms. The van der Waals surface area contributed by atoms with Crippen LogP contribution in [-0.4, -0.2) is 72.7 Å². The summed E-state index contributed by atoms with van der Waals surface area (Å²) >= 11 is 0. The second-order valence-electron chi connectivity index (χ2n) is 6.63. The Kier molecular flexibility index (Phi) is 6.64. The Balaban J connectivity index is 1.76. The van der Waals surface area contributed by atoms with E-state index in [1.807, 2.05) is 4.90 Å². The van der Waals surface area contributed by atoms with Gasteiger partial charge in [0.15, 0.2) is 0 Å². The highest BCUT2D eigenvalue weighted by Gasteiger charge is 2.27. The molecular weight excluding hydrogens is 284 g/mol. The number of aliphatic carboxylic acids is 1. The molecule has 6 heteroatoms. The van der Waals surface area contributed by atoms with Gasteiger partial charge in [-0.3, -0.25) is 14.5 Å². The summed E-state index contributed by atoms with van der Waals surface area (Å²) < 4.78 is 5.67. The van der Waals surface area contributed by atoms with Crippen molar-refractivity contribution in [3.63, 3.8) is 0 Å². The Morgan fingerprint density at radius 3 is 2.68 bits per heavy atom. The molecule has 0 aromatic carbocycles. The van der Waals surface area contributed by atoms with Gasteiger partial charge in [0.25, 0.3) is 0 Å². The van der Waals surface area contributed by atoms with Crippen LogP contribution < -0.4 is 0 Å². The number of nitrogens with zero attached hydrogens (tertiary/aromatic N) is 2. The molecule has 1 aliphatic carbocycles. The van der Waals surface area contributed by atoms with E-state index in [4.69, 9.17) is 9.84 Å². The van der Waals surface area contributed by atoms with Crippen molar-refractivity contribution >= 4 is 11.9 Å². The van der Waals surface area contributed by atoms with E-state index in [1.165, 1.54) is 32.1 Å². The van der Waals surface area contributed by atoms with Gasteiger partial charge < -0.3 is 14.7 Å². The lowest BCUT2D eigenvalue weighted by Gasteiger charge is -2.35. The van der Waals surface area contributed by atoms with Crippen LogP contribution in [0.25, 0.3) is 0 Å². The topological polar surface area (TPSA) is 70.1 Å². The number of carboxylic acid groups (broad SMARTS) is 1. The number of amides is 1. The monoisotopic (exact) mass is 312 g/mol. The smallest absolute Gasteiger partial charge is 0.317 e. The molecule has 22 heavy (non-hydrogen) atoms. The summed E-state index contributed by atoms with van der Waals surface area (Å²) in [6.45, 7) is 2.32. The maximum atomic E-state index is 12.4. The van der Waals surface area contributed by atoms with E-state index < -0.39 is 5.97 Å². The van der Waals surface area contributed by atoms with Crippen LogP contribution in [0.5, 0.6) is 0 Å². The maximum absolute atomic E-state index is 12.4. The molecule has 1 heterocycles. The lowest BCUT2D eigenvalue weighted by atomic mass is 9.86. The van der Waals surface area contributed by atoms with Gasteiger partial charge in [0, 0.05) is 26.1 Å². The number of rotatable bonds is 6. The number of morpholine rings is 1. The largest absolute Gasteiger partial charge is 0.480 e. The first-order chi connectivity index (χ1) is 10.5. The minimum absolute atomic E-state index is 0.00409. The predicted octanol–water partition coefficient (Wildman–Crippen LogP) is 1.20. The van der Waals surface area contributed by atoms with E-state index in [0.717, 1.165) is 0 Å². The Morgan fingerprint density at radius 2 is 2.00 bits per heavy atom. The molecular formula is C16H28N2O4. The molecule has 1 aliphatic heterocycles. The van der Waals surface area contributed by atoms with Crippen LogP contribution in [0.3, 0.4) is 0 Å². The number of hydrogen-bond donors (Lipinski definition) is 1. The van der Waals surface area contributed by atoms with Crippen LogP contribution in [0.4, 0.5) is 0 Å². The summed E-state index contributed by atoms with van der Waals surface area (Å²) in [5.41, 5.74) is 0. The van der Waals surface area contributed by atoms with E-state index in [2.05, 4.69) is 0 Å². The standard InChI is InChI=1S/C16H28N2O4/c1-17(12-16(20)21)10-14-11-18(7-8-22-14)15(19)9-13-5-3-2-4-6-13/h13-14H,2-12H2,1H3,(H,20,21)/t14-/m0/s1. The summed E-state index contributed by atoms with van der Waals surface area (Å²) in [7, 11) is 1.76. The first kappa shape index (κ1) is 17.2. The van der Waals surface area contributed by atoms with Gasteiger partial charge in [-0.1, -0.05) is 19.3 Å². The lowest BCUT2D eigenvalue weighted by Crippen LogP contribution is -2.50. The summed E-state index contributed by atoms with van der Waals surface area (Å²) in [5.74, 6) is -0.0538. The van der Waals surface area contributed by atoms with Gasteiger partial charge in [-0.25, -0.2) is 0 Å². The fourth-order valence-electron chi connectivity index (χ4n) is 3.47. The molecule has 0 aromatic heterocycles. The van der Waals surface area contributed by atoms with Gasteiger partial charge >= 0.3 is 5.97 Å². The first-order valence-electron chi connectivity index (χ1n) is 8.34. The molecule has 126 valence electrons. The SMILES string of the molecule is CN(CC(=O)O)C[C@H]1CN(C(=O)CC2CCCCC2)CCO1. The van der Waals surface area contributed by atoms with Crippen LogP contribution in [0.15, 0.2) is 0 Å². The van der Waals surface area contributed by atoms with Crippen LogP contribution >= 0.6 is 0 Å². The Hall–Kier alpha value is -1.14. The Bertz CT molecular complexity index is 382. The normalized spacial score (nSPS) is 23.7. The van der Waals surface area contributed by atoms with E-state index in [0.29, 0.717) is 38.6 Å². The Morgan fingerprint density at radius 1 is 1.27 bits per heavy atom. The lowest BCUT2D eigenvalue weighted by molar-refractivity contribution is -0.143. The fourth-order valence-corrected chi connectivity index (χ4v) is 3.47. The predicted molar refractivity (Wildman–Crippen MR) is 82.6 cm³/mol. The van der Waals surface area contributed by atoms with Gasteiger partial charge in [0.2, 0.25) is 5.91 Å². The third-order valence-corrected chi connectivity index (χ3v) is 4.60. The van der Waals surface area contributed by atoms with Crippen LogP contribution in [0.1, 0.15) is 38.5 Å². The molecule has 0 aromatic rings. The molecule has 1 N–H and O–H groups in total. The summed E-state index contributed by atoms with van der Waals surface area (Å²) in [6.07, 6.45) is 6.75. The highest BCUT2D eigenvalue weighted by Crippen LogP contribution is 2.27. The van der Waals surface area contributed by atoms with E-state index >= 15 is 0 Å². The highest BCUT2D eigenvalue weighted by molar-refractivity contribution is 5.76. The molecule has 1 amide bonds. The number of carbonyl (C=O) groups is 2. The summed E-state index contributed by atoms with van der Waals surface area (Å²) in [6, 6.07) is 0. The van der Waals surface area contributed by atoms with Crippen molar-refractivity contribution in [1.29, 1.82) is 0 Å². The fraction of sp³-hybridized carbons (Fsp3) is 0.875. The quantitative estimate of drug-likeness (QED) is 0.798. The first-order valence-corrected chi connectivity index (χ1v) is 8.34. The van der Waals surface area contributed by atoms with Gasteiger partial charge in [0.05, 0.1) is 19.3 Å². The molecule has 6 nitrogen and oxygen atoms in total. The number of carboxylic acids is 1. The summed E-state index contributed by atoms with van der Waals surface area (Å²) in [4.78, 5) is 26.8. The van der Waals surface area contributed by atoms with Gasteiger partial charge in [-0.2, -0.15) is 0 Å². The van der Waals surface area contributed by atoms with E-state index in [1.54, 1.807) is 11.9 Å². The van der Waals surface area contributed by atoms with Crippen molar-refractivity contribution in [3.05, 3.63) is 0 Å². The zero-order valence-electron chi connectivity index (χ0n) is 13.5. The van der Waals surface area contributed by atoms with E-state index in [-0.39, 0.29) is 18.6 Å². The molecule has 0 radical (unpaired) electrons. The molecule has 2 fully saturated rings. The van der Waals surface area contributed by atoms with Crippen LogP contribution in [0.2, 0.25) is 0 Å². The highest BCUT2D eigenvalue weighted by atomic mass is 16.5. The number of ether oxygens (including phenoxy) is 1. The molecule has 0 bridgehead atoms. The van der Waals surface area contributed by atoms with Gasteiger partial charge in [0.1, 0.15) is 0 Å². The van der Waals surface area contributed by atoms with Crippen molar-refractivity contribution in [3.8, 4) is 0 Å². The van der Waals surface area contributed by atoms with E-state index in [9.17, 15) is 9.59 Å². The van der Waals surface area contributed by atoms with Gasteiger partial charge in [-0.05, 0) is 25.8 Å². The maximum Gasteiger partial charge on any atom is 0.317 e. The minimum atomic E-state index is -0.844. The molecule has 2 aliphatic rings. The average Bonchev–Trinajstić information content (AvgIpc) is 2.47. The van der Waals surface area contributed by atoms with Crippen molar-refractivity contribution < 1.29 is 19.4 Å². The second-order valence-corrected chi connectivity index (χ2v) is 6.63. The Labute approximate surface area is 132 Å².